The van der Waals surface area contributed by atoms with Gasteiger partial charge in [0.2, 0.25) is 11.8 Å². The summed E-state index contributed by atoms with van der Waals surface area (Å²) in [6, 6.07) is 0. The molecule has 1 aromatic rings. The summed E-state index contributed by atoms with van der Waals surface area (Å²) in [5.41, 5.74) is -0.172. The van der Waals surface area contributed by atoms with Crippen molar-refractivity contribution in [2.75, 3.05) is 32.9 Å². The lowest BCUT2D eigenvalue weighted by molar-refractivity contribution is -0.144. The molecular formula is C14H22N4O2S. The summed E-state index contributed by atoms with van der Waals surface area (Å²) >= 11 is 1.68. The van der Waals surface area contributed by atoms with Gasteiger partial charge in [-0.1, -0.05) is 5.16 Å². The van der Waals surface area contributed by atoms with E-state index in [0.717, 1.165) is 50.5 Å². The van der Waals surface area contributed by atoms with Crippen LogP contribution in [-0.4, -0.2) is 58.8 Å². The summed E-state index contributed by atoms with van der Waals surface area (Å²) in [5.74, 6) is 2.49. The number of piperidine rings is 1. The Morgan fingerprint density at radius 1 is 1.38 bits per heavy atom. The number of hydrogen-bond acceptors (Lipinski definition) is 6. The van der Waals surface area contributed by atoms with E-state index in [-0.39, 0.29) is 5.41 Å². The van der Waals surface area contributed by atoms with E-state index in [0.29, 0.717) is 18.3 Å². The number of thioether (sulfide) groups is 1. The van der Waals surface area contributed by atoms with Crippen LogP contribution in [0.3, 0.4) is 0 Å². The minimum atomic E-state index is -0.172. The van der Waals surface area contributed by atoms with E-state index >= 15 is 0 Å². The first-order valence-corrected chi connectivity index (χ1v) is 8.81. The van der Waals surface area contributed by atoms with Gasteiger partial charge in [0.15, 0.2) is 5.82 Å². The Balaban J connectivity index is 1.62. The third-order valence-corrected chi connectivity index (χ3v) is 5.07. The third-order valence-electron chi connectivity index (χ3n) is 4.52. The molecule has 0 bridgehead atoms. The van der Waals surface area contributed by atoms with Gasteiger partial charge in [-0.15, -0.1) is 0 Å². The van der Waals surface area contributed by atoms with E-state index in [1.165, 1.54) is 0 Å². The van der Waals surface area contributed by atoms with Gasteiger partial charge in [0.25, 0.3) is 0 Å². The minimum absolute atomic E-state index is 0.172. The molecule has 116 valence electrons. The van der Waals surface area contributed by atoms with Crippen LogP contribution in [0.2, 0.25) is 0 Å². The summed E-state index contributed by atoms with van der Waals surface area (Å²) in [7, 11) is 1.92. The zero-order valence-corrected chi connectivity index (χ0v) is 13.5. The second-order valence-corrected chi connectivity index (χ2v) is 6.97. The van der Waals surface area contributed by atoms with Crippen LogP contribution in [0.15, 0.2) is 4.52 Å². The van der Waals surface area contributed by atoms with E-state index in [9.17, 15) is 4.79 Å². The van der Waals surface area contributed by atoms with Crippen LogP contribution in [-0.2, 0) is 17.1 Å². The zero-order valence-electron chi connectivity index (χ0n) is 12.7. The Bertz CT molecular complexity index is 521. The number of amides is 1. The second kappa shape index (κ2) is 5.96. The number of rotatable bonds is 4. The molecular weight excluding hydrogens is 288 g/mol. The quantitative estimate of drug-likeness (QED) is 0.837. The van der Waals surface area contributed by atoms with E-state index in [4.69, 9.17) is 4.52 Å². The van der Waals surface area contributed by atoms with Gasteiger partial charge in [0.1, 0.15) is 0 Å². The molecule has 0 aromatic carbocycles. The van der Waals surface area contributed by atoms with Crippen LogP contribution in [0.1, 0.15) is 31.0 Å². The largest absolute Gasteiger partial charge is 0.345 e. The first kappa shape index (κ1) is 14.8. The van der Waals surface area contributed by atoms with Gasteiger partial charge >= 0.3 is 0 Å². The van der Waals surface area contributed by atoms with Crippen molar-refractivity contribution in [2.24, 2.45) is 5.41 Å². The van der Waals surface area contributed by atoms with Crippen molar-refractivity contribution in [1.29, 1.82) is 0 Å². The summed E-state index contributed by atoms with van der Waals surface area (Å²) in [6.07, 6.45) is 5.08. The molecule has 1 amide bonds. The summed E-state index contributed by atoms with van der Waals surface area (Å²) < 4.78 is 5.29. The number of carbonyl (C=O) groups is 1. The van der Waals surface area contributed by atoms with Gasteiger partial charge in [0.05, 0.1) is 17.7 Å². The van der Waals surface area contributed by atoms with Crippen molar-refractivity contribution in [2.45, 2.75) is 31.6 Å². The summed E-state index contributed by atoms with van der Waals surface area (Å²) in [5, 5.41) is 3.97. The SMILES string of the molecule is CSCc1noc(CN2CCC3(CCCN(C)C3=O)C2)n1. The van der Waals surface area contributed by atoms with Crippen LogP contribution >= 0.6 is 11.8 Å². The lowest BCUT2D eigenvalue weighted by Gasteiger charge is -2.37. The lowest BCUT2D eigenvalue weighted by Crippen LogP contribution is -2.48. The van der Waals surface area contributed by atoms with Crippen molar-refractivity contribution in [3.8, 4) is 0 Å². The molecule has 2 saturated heterocycles. The molecule has 3 rings (SSSR count). The first-order chi connectivity index (χ1) is 10.1. The van der Waals surface area contributed by atoms with Gasteiger partial charge in [0, 0.05) is 20.1 Å². The van der Waals surface area contributed by atoms with Gasteiger partial charge in [-0.25, -0.2) is 0 Å². The fraction of sp³-hybridized carbons (Fsp3) is 0.786. The maximum atomic E-state index is 12.5. The Morgan fingerprint density at radius 2 is 2.24 bits per heavy atom. The molecule has 0 aliphatic carbocycles. The normalized spacial score (nSPS) is 27.0. The highest BCUT2D eigenvalue weighted by Gasteiger charge is 2.47. The van der Waals surface area contributed by atoms with Crippen LogP contribution in [0.25, 0.3) is 0 Å². The molecule has 1 unspecified atom stereocenters. The van der Waals surface area contributed by atoms with Crippen LogP contribution in [0, 0.1) is 5.41 Å². The predicted octanol–water partition coefficient (Wildman–Crippen LogP) is 1.38. The van der Waals surface area contributed by atoms with Crippen LogP contribution in [0.5, 0.6) is 0 Å². The fourth-order valence-electron chi connectivity index (χ4n) is 3.47. The number of nitrogens with zero attached hydrogens (tertiary/aromatic N) is 4. The van der Waals surface area contributed by atoms with E-state index in [2.05, 4.69) is 15.0 Å². The topological polar surface area (TPSA) is 62.5 Å². The molecule has 0 saturated carbocycles. The second-order valence-electron chi connectivity index (χ2n) is 6.11. The number of hydrogen-bond donors (Lipinski definition) is 0. The maximum Gasteiger partial charge on any atom is 0.240 e. The molecule has 2 aliphatic rings. The molecule has 1 aromatic heterocycles. The van der Waals surface area contributed by atoms with E-state index in [1.54, 1.807) is 11.8 Å². The molecule has 2 fully saturated rings. The van der Waals surface area contributed by atoms with E-state index < -0.39 is 0 Å². The molecule has 21 heavy (non-hydrogen) atoms. The van der Waals surface area contributed by atoms with Crippen LogP contribution in [0.4, 0.5) is 0 Å². The maximum absolute atomic E-state index is 12.5. The smallest absolute Gasteiger partial charge is 0.240 e. The Kier molecular flexibility index (Phi) is 4.21. The summed E-state index contributed by atoms with van der Waals surface area (Å²) in [4.78, 5) is 21.0. The Labute approximate surface area is 129 Å². The van der Waals surface area contributed by atoms with Gasteiger partial charge in [-0.2, -0.15) is 16.7 Å². The van der Waals surface area contributed by atoms with Gasteiger partial charge in [-0.05, 0) is 32.1 Å². The van der Waals surface area contributed by atoms with Crippen molar-refractivity contribution in [1.82, 2.24) is 19.9 Å². The lowest BCUT2D eigenvalue weighted by atomic mass is 9.78. The molecule has 6 nitrogen and oxygen atoms in total. The molecule has 1 atom stereocenters. The standard InChI is InChI=1S/C14H22N4O2S/c1-17-6-3-4-14(13(17)19)5-7-18(10-14)8-12-15-11(9-21-2)16-20-12/h3-10H2,1-2H3. The monoisotopic (exact) mass is 310 g/mol. The van der Waals surface area contributed by atoms with Crippen molar-refractivity contribution in [3.05, 3.63) is 11.7 Å². The average Bonchev–Trinajstić information content (AvgIpc) is 3.06. The first-order valence-electron chi connectivity index (χ1n) is 7.41. The van der Waals surface area contributed by atoms with Crippen molar-refractivity contribution >= 4 is 17.7 Å². The number of likely N-dealkylation sites (tertiary alicyclic amines) is 2. The number of carbonyl (C=O) groups excluding carboxylic acids is 1. The molecule has 7 heteroatoms. The van der Waals surface area contributed by atoms with Crippen molar-refractivity contribution < 1.29 is 9.32 Å². The molecule has 1 spiro atoms. The third kappa shape index (κ3) is 2.94. The summed E-state index contributed by atoms with van der Waals surface area (Å²) in [6.45, 7) is 3.29. The molecule has 2 aliphatic heterocycles. The average molecular weight is 310 g/mol. The van der Waals surface area contributed by atoms with Gasteiger partial charge < -0.3 is 9.42 Å². The number of aromatic nitrogens is 2. The minimum Gasteiger partial charge on any atom is -0.345 e. The highest BCUT2D eigenvalue weighted by Crippen LogP contribution is 2.39. The Hall–Kier alpha value is -1.08. The zero-order chi connectivity index (χ0) is 14.9. The highest BCUT2D eigenvalue weighted by molar-refractivity contribution is 7.97. The van der Waals surface area contributed by atoms with Crippen molar-refractivity contribution in [3.63, 3.8) is 0 Å². The van der Waals surface area contributed by atoms with Gasteiger partial charge in [-0.3, -0.25) is 9.69 Å². The Morgan fingerprint density at radius 3 is 3.05 bits per heavy atom. The fourth-order valence-corrected chi connectivity index (χ4v) is 3.85. The molecule has 0 N–H and O–H groups in total. The molecule has 3 heterocycles. The van der Waals surface area contributed by atoms with Crippen LogP contribution < -0.4 is 0 Å². The predicted molar refractivity (Wildman–Crippen MR) is 80.7 cm³/mol. The molecule has 0 radical (unpaired) electrons. The van der Waals surface area contributed by atoms with E-state index in [1.807, 2.05) is 18.2 Å². The highest BCUT2D eigenvalue weighted by atomic mass is 32.2.